The highest BCUT2D eigenvalue weighted by Gasteiger charge is 2.40. The first-order valence-corrected chi connectivity index (χ1v) is 7.69. The lowest BCUT2D eigenvalue weighted by Crippen LogP contribution is -2.43. The van der Waals surface area contributed by atoms with Gasteiger partial charge in [0.2, 0.25) is 11.8 Å². The third-order valence-corrected chi connectivity index (χ3v) is 4.29. The number of benzene rings is 1. The van der Waals surface area contributed by atoms with Gasteiger partial charge in [0.25, 0.3) is 0 Å². The lowest BCUT2D eigenvalue weighted by atomic mass is 10.1. The third kappa shape index (κ3) is 3.44. The Balaban J connectivity index is 2.05. The molecule has 1 saturated heterocycles. The summed E-state index contributed by atoms with van der Waals surface area (Å²) >= 11 is 5.87. The minimum atomic E-state index is -0.433. The summed E-state index contributed by atoms with van der Waals surface area (Å²) in [6.45, 7) is 5.86. The second kappa shape index (κ2) is 6.58. The van der Waals surface area contributed by atoms with E-state index in [0.717, 1.165) is 12.0 Å². The van der Waals surface area contributed by atoms with Crippen LogP contribution in [0.5, 0.6) is 0 Å². The van der Waals surface area contributed by atoms with Crippen LogP contribution in [0.2, 0.25) is 5.02 Å². The van der Waals surface area contributed by atoms with Crippen LogP contribution in [0.3, 0.4) is 0 Å². The Kier molecular flexibility index (Phi) is 5.01. The summed E-state index contributed by atoms with van der Waals surface area (Å²) in [7, 11) is 0. The van der Waals surface area contributed by atoms with E-state index in [1.165, 1.54) is 4.90 Å². The highest BCUT2D eigenvalue weighted by molar-refractivity contribution is 6.30. The van der Waals surface area contributed by atoms with Gasteiger partial charge in [-0.05, 0) is 38.0 Å². The summed E-state index contributed by atoms with van der Waals surface area (Å²) in [4.78, 5) is 25.8. The van der Waals surface area contributed by atoms with Gasteiger partial charge in [0.15, 0.2) is 0 Å². The summed E-state index contributed by atoms with van der Waals surface area (Å²) in [6.07, 6.45) is 1.01. The van der Waals surface area contributed by atoms with E-state index >= 15 is 0 Å². The number of hydrogen-bond acceptors (Lipinski definition) is 3. The topological polar surface area (TPSA) is 49.4 Å². The third-order valence-electron chi connectivity index (χ3n) is 4.04. The van der Waals surface area contributed by atoms with Gasteiger partial charge < -0.3 is 0 Å². The normalized spacial score (nSPS) is 21.7. The number of carbonyl (C=O) groups is 2. The molecule has 3 unspecified atom stereocenters. The van der Waals surface area contributed by atoms with Crippen LogP contribution in [0, 0.1) is 0 Å². The first-order chi connectivity index (χ1) is 9.93. The number of hydrogen-bond donors (Lipinski definition) is 1. The standard InChI is InChI=1S/C16H21ClN2O2/c1-4-10(2)19-15(20)9-14(16(19)21)18-11(3)12-5-7-13(17)8-6-12/h5-8,10-11,14,18H,4,9H2,1-3H3. The van der Waals surface area contributed by atoms with E-state index in [1.54, 1.807) is 0 Å². The molecule has 1 aromatic rings. The Labute approximate surface area is 130 Å². The molecule has 0 bridgehead atoms. The zero-order chi connectivity index (χ0) is 15.6. The van der Waals surface area contributed by atoms with E-state index in [1.807, 2.05) is 45.0 Å². The van der Waals surface area contributed by atoms with Gasteiger partial charge in [-0.15, -0.1) is 0 Å². The van der Waals surface area contributed by atoms with Crippen LogP contribution in [0.25, 0.3) is 0 Å². The second-order valence-electron chi connectivity index (χ2n) is 5.56. The quantitative estimate of drug-likeness (QED) is 0.851. The van der Waals surface area contributed by atoms with Crippen molar-refractivity contribution in [1.82, 2.24) is 10.2 Å². The minimum Gasteiger partial charge on any atom is -0.299 e. The van der Waals surface area contributed by atoms with E-state index in [9.17, 15) is 9.59 Å². The zero-order valence-electron chi connectivity index (χ0n) is 12.6. The molecule has 1 fully saturated rings. The van der Waals surface area contributed by atoms with Gasteiger partial charge in [-0.25, -0.2) is 0 Å². The van der Waals surface area contributed by atoms with Crippen molar-refractivity contribution >= 4 is 23.4 Å². The zero-order valence-corrected chi connectivity index (χ0v) is 13.4. The average Bonchev–Trinajstić information content (AvgIpc) is 2.73. The fraction of sp³-hybridized carbons (Fsp3) is 0.500. The van der Waals surface area contributed by atoms with Crippen LogP contribution in [0.4, 0.5) is 0 Å². The highest BCUT2D eigenvalue weighted by atomic mass is 35.5. The number of nitrogens with zero attached hydrogens (tertiary/aromatic N) is 1. The molecule has 1 aliphatic heterocycles. The van der Waals surface area contributed by atoms with E-state index in [0.29, 0.717) is 5.02 Å². The number of carbonyl (C=O) groups excluding carboxylic acids is 2. The Morgan fingerprint density at radius 1 is 1.29 bits per heavy atom. The summed E-state index contributed by atoms with van der Waals surface area (Å²) in [5.74, 6) is -0.203. The maximum atomic E-state index is 12.4. The molecule has 4 nitrogen and oxygen atoms in total. The Morgan fingerprint density at radius 3 is 2.48 bits per heavy atom. The molecule has 21 heavy (non-hydrogen) atoms. The van der Waals surface area contributed by atoms with Gasteiger partial charge in [0.1, 0.15) is 0 Å². The van der Waals surface area contributed by atoms with E-state index < -0.39 is 6.04 Å². The molecule has 114 valence electrons. The van der Waals surface area contributed by atoms with Gasteiger partial charge >= 0.3 is 0 Å². The average molecular weight is 309 g/mol. The predicted octanol–water partition coefficient (Wildman–Crippen LogP) is 2.92. The van der Waals surface area contributed by atoms with Crippen molar-refractivity contribution < 1.29 is 9.59 Å². The van der Waals surface area contributed by atoms with Crippen LogP contribution in [-0.4, -0.2) is 28.8 Å². The molecule has 1 aliphatic rings. The van der Waals surface area contributed by atoms with E-state index in [-0.39, 0.29) is 30.3 Å². The van der Waals surface area contributed by atoms with Crippen LogP contribution >= 0.6 is 11.6 Å². The maximum Gasteiger partial charge on any atom is 0.247 e. The minimum absolute atomic E-state index is 0.0131. The van der Waals surface area contributed by atoms with Gasteiger partial charge in [-0.3, -0.25) is 19.8 Å². The fourth-order valence-electron chi connectivity index (χ4n) is 2.58. The molecular weight excluding hydrogens is 288 g/mol. The van der Waals surface area contributed by atoms with Crippen LogP contribution in [0.1, 0.15) is 45.2 Å². The SMILES string of the molecule is CCC(C)N1C(=O)CC(NC(C)c2ccc(Cl)cc2)C1=O. The number of nitrogens with one attached hydrogen (secondary N) is 1. The molecular formula is C16H21ClN2O2. The van der Waals surface area contributed by atoms with Crippen LogP contribution in [-0.2, 0) is 9.59 Å². The van der Waals surface area contributed by atoms with Crippen molar-refractivity contribution in [1.29, 1.82) is 0 Å². The molecule has 0 radical (unpaired) electrons. The summed E-state index contributed by atoms with van der Waals surface area (Å²) in [5, 5.41) is 3.93. The first-order valence-electron chi connectivity index (χ1n) is 7.31. The second-order valence-corrected chi connectivity index (χ2v) is 5.99. The van der Waals surface area contributed by atoms with Crippen molar-refractivity contribution in [2.24, 2.45) is 0 Å². The van der Waals surface area contributed by atoms with Crippen LogP contribution < -0.4 is 5.32 Å². The summed E-state index contributed by atoms with van der Waals surface area (Å²) in [6, 6.07) is 7.01. The predicted molar refractivity (Wildman–Crippen MR) is 83.0 cm³/mol. The lowest BCUT2D eigenvalue weighted by molar-refractivity contribution is -0.141. The lowest BCUT2D eigenvalue weighted by Gasteiger charge is -2.23. The first kappa shape index (κ1) is 16.0. The molecule has 1 heterocycles. The molecule has 2 amide bonds. The van der Waals surface area contributed by atoms with Crippen molar-refractivity contribution in [3.8, 4) is 0 Å². The molecule has 1 N–H and O–H groups in total. The van der Waals surface area contributed by atoms with Crippen LogP contribution in [0.15, 0.2) is 24.3 Å². The number of rotatable bonds is 5. The van der Waals surface area contributed by atoms with E-state index in [4.69, 9.17) is 11.6 Å². The van der Waals surface area contributed by atoms with Crippen molar-refractivity contribution in [3.05, 3.63) is 34.9 Å². The van der Waals surface area contributed by atoms with Gasteiger partial charge in [-0.2, -0.15) is 0 Å². The molecule has 0 aromatic heterocycles. The number of halogens is 1. The molecule has 1 aromatic carbocycles. The molecule has 0 spiro atoms. The largest absolute Gasteiger partial charge is 0.299 e. The van der Waals surface area contributed by atoms with Gasteiger partial charge in [0.05, 0.1) is 12.5 Å². The summed E-state index contributed by atoms with van der Waals surface area (Å²) < 4.78 is 0. The molecule has 3 atom stereocenters. The Morgan fingerprint density at radius 2 is 1.90 bits per heavy atom. The van der Waals surface area contributed by atoms with Crippen molar-refractivity contribution in [2.45, 2.75) is 51.7 Å². The van der Waals surface area contributed by atoms with E-state index in [2.05, 4.69) is 5.32 Å². The number of likely N-dealkylation sites (tertiary alicyclic amines) is 1. The van der Waals surface area contributed by atoms with Crippen molar-refractivity contribution in [2.75, 3.05) is 0 Å². The smallest absolute Gasteiger partial charge is 0.247 e. The summed E-state index contributed by atoms with van der Waals surface area (Å²) in [5.41, 5.74) is 1.04. The Hall–Kier alpha value is -1.39. The van der Waals surface area contributed by atoms with Gasteiger partial charge in [-0.1, -0.05) is 30.7 Å². The monoisotopic (exact) mass is 308 g/mol. The van der Waals surface area contributed by atoms with Crippen molar-refractivity contribution in [3.63, 3.8) is 0 Å². The number of imide groups is 1. The van der Waals surface area contributed by atoms with Gasteiger partial charge in [0, 0.05) is 17.1 Å². The Bertz CT molecular complexity index is 530. The molecule has 0 saturated carbocycles. The molecule has 2 rings (SSSR count). The molecule has 5 heteroatoms. The maximum absolute atomic E-state index is 12.4. The molecule has 0 aliphatic carbocycles. The fourth-order valence-corrected chi connectivity index (χ4v) is 2.70. The number of amides is 2. The highest BCUT2D eigenvalue weighted by Crippen LogP contribution is 2.22.